The van der Waals surface area contributed by atoms with Crippen LogP contribution >= 0.6 is 0 Å². The van der Waals surface area contributed by atoms with Gasteiger partial charge in [-0.2, -0.15) is 0 Å². The normalized spacial score (nSPS) is 12.8. The van der Waals surface area contributed by atoms with Gasteiger partial charge in [0.1, 0.15) is 11.8 Å². The molecule has 1 aromatic carbocycles. The van der Waals surface area contributed by atoms with E-state index in [2.05, 4.69) is 4.98 Å². The highest BCUT2D eigenvalue weighted by Crippen LogP contribution is 2.24. The summed E-state index contributed by atoms with van der Waals surface area (Å²) < 4.78 is 0. The van der Waals surface area contributed by atoms with Crippen LogP contribution in [0.4, 0.5) is 0 Å². The van der Waals surface area contributed by atoms with E-state index in [9.17, 15) is 9.90 Å². The van der Waals surface area contributed by atoms with Gasteiger partial charge in [0, 0.05) is 17.5 Å². The number of hydrogen-bond acceptors (Lipinski definition) is 3. The molecule has 0 aliphatic rings. The van der Waals surface area contributed by atoms with Gasteiger partial charge in [-0.1, -0.05) is 12.1 Å². The lowest BCUT2D eigenvalue weighted by atomic mass is 10.1. The topological polar surface area (TPSA) is 99.3 Å². The van der Waals surface area contributed by atoms with E-state index >= 15 is 0 Å². The number of fused-ring (bicyclic) bond motifs is 1. The summed E-state index contributed by atoms with van der Waals surface area (Å²) in [5, 5.41) is 19.1. The van der Waals surface area contributed by atoms with Crippen LogP contribution in [0, 0.1) is 0 Å². The van der Waals surface area contributed by atoms with Crippen LogP contribution in [-0.2, 0) is 11.2 Å². The van der Waals surface area contributed by atoms with Gasteiger partial charge in [0.15, 0.2) is 0 Å². The van der Waals surface area contributed by atoms with Crippen LogP contribution in [-0.4, -0.2) is 27.2 Å². The number of phenolic OH excluding ortho intramolecular Hbond substituents is 1. The molecule has 0 aliphatic carbocycles. The maximum atomic E-state index is 10.6. The molecule has 0 saturated heterocycles. The average molecular weight is 220 g/mol. The molecular formula is C11H12N2O3. The largest absolute Gasteiger partial charge is 0.506 e. The Morgan fingerprint density at radius 3 is 2.88 bits per heavy atom. The Kier molecular flexibility index (Phi) is 2.54. The van der Waals surface area contributed by atoms with Gasteiger partial charge in [0.25, 0.3) is 0 Å². The number of carboxylic acid groups (broad SMARTS) is 1. The molecule has 0 aliphatic heterocycles. The second-order valence-electron chi connectivity index (χ2n) is 3.68. The maximum absolute atomic E-state index is 10.6. The Hall–Kier alpha value is -2.01. The minimum Gasteiger partial charge on any atom is -0.506 e. The van der Waals surface area contributed by atoms with E-state index in [-0.39, 0.29) is 12.2 Å². The van der Waals surface area contributed by atoms with Gasteiger partial charge >= 0.3 is 5.97 Å². The highest BCUT2D eigenvalue weighted by Gasteiger charge is 2.14. The predicted molar refractivity (Wildman–Crippen MR) is 59.3 cm³/mol. The van der Waals surface area contributed by atoms with E-state index in [1.807, 2.05) is 6.07 Å². The van der Waals surface area contributed by atoms with E-state index in [4.69, 9.17) is 10.8 Å². The van der Waals surface area contributed by atoms with Crippen LogP contribution in [0.1, 0.15) is 5.69 Å². The van der Waals surface area contributed by atoms with Gasteiger partial charge in [0.2, 0.25) is 0 Å². The summed E-state index contributed by atoms with van der Waals surface area (Å²) in [7, 11) is 0. The number of H-pyrrole nitrogens is 1. The summed E-state index contributed by atoms with van der Waals surface area (Å²) in [4.78, 5) is 13.6. The standard InChI is InChI=1S/C11H12N2O3/c12-8(11(15)16)5-7-4-6-2-1-3-9(14)10(6)13-7/h1-4,8,13-14H,5,12H2,(H,15,16). The molecule has 1 unspecified atom stereocenters. The molecular weight excluding hydrogens is 208 g/mol. The minimum atomic E-state index is -1.04. The fourth-order valence-corrected chi connectivity index (χ4v) is 1.63. The van der Waals surface area contributed by atoms with Crippen molar-refractivity contribution in [2.75, 3.05) is 0 Å². The third-order valence-corrected chi connectivity index (χ3v) is 2.45. The predicted octanol–water partition coefficient (Wildman–Crippen LogP) is 0.828. The molecule has 0 spiro atoms. The van der Waals surface area contributed by atoms with Crippen molar-refractivity contribution in [1.29, 1.82) is 0 Å². The number of rotatable bonds is 3. The Morgan fingerprint density at radius 2 is 2.25 bits per heavy atom. The number of aliphatic carboxylic acids is 1. The van der Waals surface area contributed by atoms with Crippen LogP contribution in [0.3, 0.4) is 0 Å². The summed E-state index contributed by atoms with van der Waals surface area (Å²) in [6, 6.07) is 5.99. The lowest BCUT2D eigenvalue weighted by molar-refractivity contribution is -0.138. The smallest absolute Gasteiger partial charge is 0.320 e. The number of carbonyl (C=O) groups is 1. The number of aromatic amines is 1. The number of aromatic hydroxyl groups is 1. The fourth-order valence-electron chi connectivity index (χ4n) is 1.63. The molecule has 0 fully saturated rings. The Morgan fingerprint density at radius 1 is 1.50 bits per heavy atom. The van der Waals surface area contributed by atoms with Crippen molar-refractivity contribution in [2.45, 2.75) is 12.5 Å². The second kappa shape index (κ2) is 3.86. The van der Waals surface area contributed by atoms with E-state index in [1.54, 1.807) is 18.2 Å². The van der Waals surface area contributed by atoms with Crippen LogP contribution in [0.25, 0.3) is 10.9 Å². The number of aromatic nitrogens is 1. The zero-order valence-electron chi connectivity index (χ0n) is 8.47. The van der Waals surface area contributed by atoms with Crippen molar-refractivity contribution >= 4 is 16.9 Å². The number of hydrogen-bond donors (Lipinski definition) is 4. The molecule has 0 amide bonds. The van der Waals surface area contributed by atoms with Crippen LogP contribution in [0.15, 0.2) is 24.3 Å². The quantitative estimate of drug-likeness (QED) is 0.615. The number of phenols is 1. The first kappa shape index (κ1) is 10.5. The zero-order valence-corrected chi connectivity index (χ0v) is 8.47. The lowest BCUT2D eigenvalue weighted by Gasteiger charge is -2.03. The molecule has 0 bridgehead atoms. The van der Waals surface area contributed by atoms with Crippen molar-refractivity contribution in [3.63, 3.8) is 0 Å². The third-order valence-electron chi connectivity index (χ3n) is 2.45. The Bertz CT molecular complexity index is 533. The van der Waals surface area contributed by atoms with Gasteiger partial charge in [-0.3, -0.25) is 4.79 Å². The highest BCUT2D eigenvalue weighted by atomic mass is 16.4. The summed E-state index contributed by atoms with van der Waals surface area (Å²) in [6.07, 6.45) is 0.212. The number of nitrogens with two attached hydrogens (primary N) is 1. The monoisotopic (exact) mass is 220 g/mol. The molecule has 16 heavy (non-hydrogen) atoms. The first-order chi connectivity index (χ1) is 7.58. The first-order valence-corrected chi connectivity index (χ1v) is 4.86. The Balaban J connectivity index is 2.33. The van der Waals surface area contributed by atoms with Crippen molar-refractivity contribution < 1.29 is 15.0 Å². The summed E-state index contributed by atoms with van der Waals surface area (Å²) in [5.74, 6) is -0.893. The molecule has 5 nitrogen and oxygen atoms in total. The fraction of sp³-hybridized carbons (Fsp3) is 0.182. The van der Waals surface area contributed by atoms with E-state index in [1.165, 1.54) is 0 Å². The van der Waals surface area contributed by atoms with Crippen LogP contribution < -0.4 is 5.73 Å². The lowest BCUT2D eigenvalue weighted by Crippen LogP contribution is -2.32. The first-order valence-electron chi connectivity index (χ1n) is 4.86. The second-order valence-corrected chi connectivity index (χ2v) is 3.68. The van der Waals surface area contributed by atoms with Crippen LogP contribution in [0.2, 0.25) is 0 Å². The van der Waals surface area contributed by atoms with E-state index in [0.717, 1.165) is 5.39 Å². The molecule has 2 aromatic rings. The number of benzene rings is 1. The van der Waals surface area contributed by atoms with E-state index in [0.29, 0.717) is 11.2 Å². The van der Waals surface area contributed by atoms with Crippen molar-refractivity contribution in [1.82, 2.24) is 4.98 Å². The van der Waals surface area contributed by atoms with Gasteiger partial charge in [-0.25, -0.2) is 0 Å². The molecule has 0 radical (unpaired) electrons. The van der Waals surface area contributed by atoms with Crippen molar-refractivity contribution in [2.24, 2.45) is 5.73 Å². The summed E-state index contributed by atoms with van der Waals surface area (Å²) in [5.41, 5.74) is 6.73. The number of para-hydroxylation sites is 1. The third kappa shape index (κ3) is 1.85. The molecule has 1 aromatic heterocycles. The van der Waals surface area contributed by atoms with Crippen molar-refractivity contribution in [3.8, 4) is 5.75 Å². The van der Waals surface area contributed by atoms with E-state index < -0.39 is 12.0 Å². The molecule has 0 saturated carbocycles. The van der Waals surface area contributed by atoms with Gasteiger partial charge < -0.3 is 20.9 Å². The van der Waals surface area contributed by atoms with Gasteiger partial charge in [0.05, 0.1) is 5.52 Å². The Labute approximate surface area is 91.5 Å². The minimum absolute atomic E-state index is 0.146. The molecule has 5 heteroatoms. The molecule has 84 valence electrons. The molecule has 5 N–H and O–H groups in total. The van der Waals surface area contributed by atoms with Crippen LogP contribution in [0.5, 0.6) is 5.75 Å². The van der Waals surface area contributed by atoms with Crippen molar-refractivity contribution in [3.05, 3.63) is 30.0 Å². The zero-order chi connectivity index (χ0) is 11.7. The summed E-state index contributed by atoms with van der Waals surface area (Å²) >= 11 is 0. The number of carboxylic acids is 1. The SMILES string of the molecule is NC(Cc1cc2cccc(O)c2[nH]1)C(=O)O. The molecule has 1 atom stereocenters. The van der Waals surface area contributed by atoms with Gasteiger partial charge in [-0.05, 0) is 12.1 Å². The molecule has 1 heterocycles. The number of nitrogens with one attached hydrogen (secondary N) is 1. The summed E-state index contributed by atoms with van der Waals surface area (Å²) in [6.45, 7) is 0. The highest BCUT2D eigenvalue weighted by molar-refractivity contribution is 5.86. The molecule has 2 rings (SSSR count). The maximum Gasteiger partial charge on any atom is 0.320 e. The van der Waals surface area contributed by atoms with Gasteiger partial charge in [-0.15, -0.1) is 0 Å². The average Bonchev–Trinajstić information content (AvgIpc) is 2.61.